The van der Waals surface area contributed by atoms with Crippen LogP contribution in [0, 0.1) is 11.8 Å². The number of hydrogen-bond donors (Lipinski definition) is 6. The van der Waals surface area contributed by atoms with Crippen LogP contribution in [0.4, 0.5) is 61.6 Å². The van der Waals surface area contributed by atoms with E-state index in [0.29, 0.717) is 163 Å². The monoisotopic (exact) mass is 1610 g/mol. The number of rotatable bonds is 31. The highest BCUT2D eigenvalue weighted by atomic mass is 16.6. The van der Waals surface area contributed by atoms with Crippen LogP contribution in [0.25, 0.3) is 16.9 Å². The molecular weight excluding hydrogens is 1510 g/mol. The average Bonchev–Trinajstić information content (AvgIpc) is 1.63. The topological polar surface area (TPSA) is 399 Å². The molecule has 6 fully saturated rings. The first-order chi connectivity index (χ1) is 56.5. The van der Waals surface area contributed by atoms with Gasteiger partial charge in [-0.15, -0.1) is 0 Å². The summed E-state index contributed by atoms with van der Waals surface area (Å²) in [7, 11) is 4.62. The van der Waals surface area contributed by atoms with Crippen LogP contribution in [-0.4, -0.2) is 265 Å². The molecule has 0 radical (unpaired) electrons. The van der Waals surface area contributed by atoms with Crippen LogP contribution in [0.15, 0.2) is 91.8 Å². The minimum atomic E-state index is -1.19. The third kappa shape index (κ3) is 24.5. The van der Waals surface area contributed by atoms with E-state index in [0.717, 1.165) is 117 Å². The maximum absolute atomic E-state index is 13.6. The van der Waals surface area contributed by atoms with Gasteiger partial charge in [0.2, 0.25) is 17.6 Å². The Kier molecular flexibility index (Phi) is 29.3. The molecule has 628 valence electrons. The Hall–Kier alpha value is -11.0. The standard InChI is InChI=1S/C29H39N7O5.C25H33N7O6.C24H31N7O3.C3H7N/c1-29(2,3)41-28(38)35(12-6-11-34-13-15-40-16-14-34)25-18-24(32-22-7-5-10-30-27(22)39-4)33-26-21(19-31-36(25)26)23(37)17-20-8-9-20;1-25(2,3)38-24(35)31(10-6-9-30-11-13-37-14-12-30)20-15-19(28-18-7-5-8-26-22(18)36-4)29-21-17(23(33)34)16-27-32(20)21;1-33-24-19(4-2-7-26-24)28-21-15-22(25-8-3-9-30-10-12-34-13-11-30)31-23(29-21)18(16-27-31)20(32)14-17-5-6-17;4-3-1-2-3/h5,7,10,18-20H,6,8-9,11-17H2,1-4H3,(H,32,33);5,7-8,15-16H,6,9-14H2,1-4H3,(H,28,29)(H,33,34);2,4,7,15-17,25H,3,5-6,8-14H2,1H3,(H,28,29);3H,1-2,4H2. The highest BCUT2D eigenvalue weighted by Crippen LogP contribution is 2.38. The molecule has 36 nitrogen and oxygen atoms in total. The summed E-state index contributed by atoms with van der Waals surface area (Å²) >= 11 is 0. The number of hydrogen-bond acceptors (Lipinski definition) is 30. The number of anilines is 9. The largest absolute Gasteiger partial charge is 0.480 e. The first-order valence-electron chi connectivity index (χ1n) is 40.1. The number of morpholine rings is 3. The van der Waals surface area contributed by atoms with Crippen molar-refractivity contribution in [1.82, 2.24) is 73.4 Å². The van der Waals surface area contributed by atoms with Crippen LogP contribution in [0.2, 0.25) is 0 Å². The highest BCUT2D eigenvalue weighted by Gasteiger charge is 2.34. The van der Waals surface area contributed by atoms with Crippen LogP contribution >= 0.6 is 0 Å². The number of aromatic carboxylic acids is 1. The minimum absolute atomic E-state index is 0.00630. The molecule has 6 aliphatic rings. The second-order valence-electron chi connectivity index (χ2n) is 31.4. The lowest BCUT2D eigenvalue weighted by Crippen LogP contribution is -2.41. The van der Waals surface area contributed by atoms with Crippen LogP contribution < -0.4 is 51.0 Å². The number of nitrogens with one attached hydrogen (secondary N) is 4. The van der Waals surface area contributed by atoms with Gasteiger partial charge in [-0.1, -0.05) is 0 Å². The fourth-order valence-corrected chi connectivity index (χ4v) is 13.1. The smallest absolute Gasteiger partial charge is 0.416 e. The number of carbonyl (C=O) groups is 5. The van der Waals surface area contributed by atoms with Crippen molar-refractivity contribution < 1.29 is 67.0 Å². The van der Waals surface area contributed by atoms with Crippen molar-refractivity contribution in [3.63, 3.8) is 0 Å². The van der Waals surface area contributed by atoms with Gasteiger partial charge in [-0.2, -0.15) is 28.8 Å². The van der Waals surface area contributed by atoms with Crippen molar-refractivity contribution in [3.8, 4) is 17.6 Å². The predicted octanol–water partition coefficient (Wildman–Crippen LogP) is 10.5. The van der Waals surface area contributed by atoms with E-state index in [4.69, 9.17) is 53.6 Å². The predicted molar refractivity (Wildman–Crippen MR) is 440 cm³/mol. The third-order valence-corrected chi connectivity index (χ3v) is 19.6. The van der Waals surface area contributed by atoms with Crippen molar-refractivity contribution >= 4 is 98.6 Å². The molecule has 3 aliphatic heterocycles. The fraction of sp³-hybridized carbons (Fsp3) is 0.531. The number of methoxy groups -OCH3 is 3. The van der Waals surface area contributed by atoms with E-state index in [1.807, 2.05) is 45.0 Å². The van der Waals surface area contributed by atoms with Crippen molar-refractivity contribution in [2.24, 2.45) is 17.6 Å². The number of amides is 2. The van der Waals surface area contributed by atoms with Gasteiger partial charge in [0.1, 0.15) is 68.7 Å². The summed E-state index contributed by atoms with van der Waals surface area (Å²) in [5.41, 5.74) is 7.47. The number of nitrogens with zero attached hydrogens (tertiary/aromatic N) is 17. The van der Waals surface area contributed by atoms with E-state index < -0.39 is 29.4 Å². The van der Waals surface area contributed by atoms with Gasteiger partial charge in [0, 0.05) is 128 Å². The fourth-order valence-electron chi connectivity index (χ4n) is 13.1. The molecule has 7 N–H and O–H groups in total. The Morgan fingerprint density at radius 2 is 0.855 bits per heavy atom. The molecule has 36 heteroatoms. The Morgan fingerprint density at radius 3 is 1.21 bits per heavy atom. The van der Waals surface area contributed by atoms with Crippen molar-refractivity contribution in [2.45, 2.75) is 129 Å². The Balaban J connectivity index is 0.000000158. The van der Waals surface area contributed by atoms with Crippen LogP contribution in [-0.2, 0) is 23.7 Å². The van der Waals surface area contributed by atoms with E-state index in [2.05, 4.69) is 71.2 Å². The molecule has 2 amide bonds. The lowest BCUT2D eigenvalue weighted by Gasteiger charge is -2.30. The number of aromatic nitrogens is 12. The van der Waals surface area contributed by atoms with Crippen molar-refractivity contribution in [1.29, 1.82) is 0 Å². The van der Waals surface area contributed by atoms with Gasteiger partial charge >= 0.3 is 18.2 Å². The summed E-state index contributed by atoms with van der Waals surface area (Å²) in [6.07, 6.45) is 18.5. The Labute approximate surface area is 679 Å². The summed E-state index contributed by atoms with van der Waals surface area (Å²) in [5, 5.41) is 36.2. The minimum Gasteiger partial charge on any atom is -0.480 e. The molecule has 3 saturated carbocycles. The molecule has 3 saturated heterocycles. The van der Waals surface area contributed by atoms with Gasteiger partial charge in [0.05, 0.1) is 90.7 Å². The number of Topliss-reactive ketones (excluding diaryl/α,β-unsaturated/α-hetero) is 2. The first kappa shape index (κ1) is 85.4. The van der Waals surface area contributed by atoms with Gasteiger partial charge in [-0.05, 0) is 154 Å². The number of carboxylic acid groups (broad SMARTS) is 1. The van der Waals surface area contributed by atoms with Crippen LogP contribution in [0.5, 0.6) is 17.6 Å². The molecule has 12 heterocycles. The maximum atomic E-state index is 13.6. The lowest BCUT2D eigenvalue weighted by molar-refractivity contribution is 0.0371. The van der Waals surface area contributed by atoms with E-state index in [1.54, 1.807) is 110 Å². The van der Waals surface area contributed by atoms with Gasteiger partial charge in [0.15, 0.2) is 28.5 Å². The number of nitrogens with two attached hydrogens (primary N) is 1. The number of fused-ring (bicyclic) bond motifs is 3. The Bertz CT molecular complexity index is 4820. The van der Waals surface area contributed by atoms with Gasteiger partial charge < -0.3 is 70.0 Å². The van der Waals surface area contributed by atoms with E-state index >= 15 is 0 Å². The number of pyridine rings is 3. The Morgan fingerprint density at radius 1 is 0.504 bits per heavy atom. The molecule has 15 rings (SSSR count). The van der Waals surface area contributed by atoms with E-state index in [9.17, 15) is 29.1 Å². The van der Waals surface area contributed by atoms with E-state index in [1.165, 1.54) is 35.6 Å². The SMILES string of the molecule is COc1ncccc1Nc1cc(N(CCCN2CCOCC2)C(=O)OC(C)(C)C)n2ncc(C(=O)CC3CC3)c2n1.COc1ncccc1Nc1cc(N(CCCN2CCOCC2)C(=O)OC(C)(C)C)n2ncc(C(=O)O)c2n1.COc1ncccc1Nc1cc(NCCCN2CCOCC2)n2ncc(C(=O)CC3CC3)c2n1.NC1CC1. The number of carboxylic acids is 1. The number of ketones is 2. The first-order valence-corrected chi connectivity index (χ1v) is 40.1. The average molecular weight is 1620 g/mol. The molecule has 0 aromatic carbocycles. The normalized spacial score (nSPS) is 15.9. The number of ether oxygens (including phenoxy) is 8. The summed E-state index contributed by atoms with van der Waals surface area (Å²) in [4.78, 5) is 102. The highest BCUT2D eigenvalue weighted by molar-refractivity contribution is 6.03. The quantitative estimate of drug-likeness (QED) is 0.0174. The molecule has 9 aromatic heterocycles. The van der Waals surface area contributed by atoms with Gasteiger partial charge in [0.25, 0.3) is 0 Å². The van der Waals surface area contributed by atoms with Crippen LogP contribution in [0.1, 0.15) is 143 Å². The molecular formula is C81H110N22O14. The van der Waals surface area contributed by atoms with Crippen molar-refractivity contribution in [3.05, 3.63) is 108 Å². The molecule has 9 aromatic rings. The molecule has 0 unspecified atom stereocenters. The zero-order valence-corrected chi connectivity index (χ0v) is 68.3. The molecule has 117 heavy (non-hydrogen) atoms. The van der Waals surface area contributed by atoms with Crippen molar-refractivity contribution in [2.75, 3.05) is 171 Å². The van der Waals surface area contributed by atoms with Gasteiger partial charge in [-0.25, -0.2) is 44.3 Å². The molecule has 3 aliphatic carbocycles. The second-order valence-corrected chi connectivity index (χ2v) is 31.4. The summed E-state index contributed by atoms with van der Waals surface area (Å²) in [6.45, 7) is 24.6. The molecule has 0 atom stereocenters. The lowest BCUT2D eigenvalue weighted by atomic mass is 10.1. The summed E-state index contributed by atoms with van der Waals surface area (Å²) < 4.78 is 48.6. The molecule has 0 spiro atoms. The number of carbonyl (C=O) groups excluding carboxylic acids is 4. The molecule has 0 bridgehead atoms. The zero-order valence-electron chi connectivity index (χ0n) is 68.3. The van der Waals surface area contributed by atoms with Gasteiger partial charge in [-0.3, -0.25) is 34.1 Å². The zero-order chi connectivity index (χ0) is 82.6. The third-order valence-electron chi connectivity index (χ3n) is 19.6. The van der Waals surface area contributed by atoms with Crippen LogP contribution in [0.3, 0.4) is 0 Å². The summed E-state index contributed by atoms with van der Waals surface area (Å²) in [5.74, 6) is 3.84. The maximum Gasteiger partial charge on any atom is 0.416 e. The van der Waals surface area contributed by atoms with E-state index in [-0.39, 0.29) is 28.6 Å². The second kappa shape index (κ2) is 40.2. The summed E-state index contributed by atoms with van der Waals surface area (Å²) in [6, 6.07) is 16.6.